The zero-order valence-electron chi connectivity index (χ0n) is 8.81. The van der Waals surface area contributed by atoms with Crippen molar-refractivity contribution in [2.24, 2.45) is 0 Å². The minimum absolute atomic E-state index is 0.0706. The number of methoxy groups -OCH3 is 2. The van der Waals surface area contributed by atoms with Crippen LogP contribution in [0.3, 0.4) is 0 Å². The number of hydrogen-bond acceptors (Lipinski definition) is 5. The summed E-state index contributed by atoms with van der Waals surface area (Å²) in [7, 11) is 3.25. The first-order chi connectivity index (χ1) is 6.80. The SMILES string of the molecule is COC(CN1CCOC(CO)C1)OC. The van der Waals surface area contributed by atoms with Crippen LogP contribution in [0, 0.1) is 0 Å². The lowest BCUT2D eigenvalue weighted by Crippen LogP contribution is -2.47. The van der Waals surface area contributed by atoms with Crippen LogP contribution < -0.4 is 0 Å². The van der Waals surface area contributed by atoms with Crippen molar-refractivity contribution in [2.75, 3.05) is 47.1 Å². The molecule has 1 rings (SSSR count). The first kappa shape index (κ1) is 11.9. The summed E-state index contributed by atoms with van der Waals surface area (Å²) >= 11 is 0. The third kappa shape index (κ3) is 3.51. The summed E-state index contributed by atoms with van der Waals surface area (Å²) in [5.41, 5.74) is 0. The molecule has 1 aliphatic rings. The number of rotatable bonds is 5. The van der Waals surface area contributed by atoms with E-state index in [4.69, 9.17) is 19.3 Å². The van der Waals surface area contributed by atoms with Gasteiger partial charge in [-0.15, -0.1) is 0 Å². The van der Waals surface area contributed by atoms with E-state index in [0.29, 0.717) is 13.2 Å². The van der Waals surface area contributed by atoms with Gasteiger partial charge in [-0.1, -0.05) is 0 Å². The summed E-state index contributed by atoms with van der Waals surface area (Å²) < 4.78 is 15.5. The molecule has 84 valence electrons. The second-order valence-electron chi connectivity index (χ2n) is 3.34. The maximum atomic E-state index is 8.94. The average Bonchev–Trinajstić information content (AvgIpc) is 2.26. The molecule has 1 fully saturated rings. The molecule has 0 bridgehead atoms. The molecular formula is C9H19NO4. The lowest BCUT2D eigenvalue weighted by Gasteiger charge is -2.33. The van der Waals surface area contributed by atoms with Crippen LogP contribution in [0.2, 0.25) is 0 Å². The second kappa shape index (κ2) is 6.31. The Hall–Kier alpha value is -0.200. The van der Waals surface area contributed by atoms with Crippen molar-refractivity contribution >= 4 is 0 Å². The minimum atomic E-state index is -0.201. The zero-order chi connectivity index (χ0) is 10.4. The highest BCUT2D eigenvalue weighted by Crippen LogP contribution is 2.06. The van der Waals surface area contributed by atoms with E-state index in [1.54, 1.807) is 14.2 Å². The summed E-state index contributed by atoms with van der Waals surface area (Å²) in [6.45, 7) is 3.04. The Morgan fingerprint density at radius 3 is 2.79 bits per heavy atom. The van der Waals surface area contributed by atoms with Crippen LogP contribution in [0.25, 0.3) is 0 Å². The van der Waals surface area contributed by atoms with E-state index in [9.17, 15) is 0 Å². The number of hydrogen-bond donors (Lipinski definition) is 1. The van der Waals surface area contributed by atoms with Crippen LogP contribution in [0.1, 0.15) is 0 Å². The van der Waals surface area contributed by atoms with Gasteiger partial charge in [0.2, 0.25) is 0 Å². The molecule has 1 unspecified atom stereocenters. The van der Waals surface area contributed by atoms with Crippen molar-refractivity contribution < 1.29 is 19.3 Å². The highest BCUT2D eigenvalue weighted by molar-refractivity contribution is 4.71. The van der Waals surface area contributed by atoms with Crippen LogP contribution >= 0.6 is 0 Å². The molecule has 5 heteroatoms. The molecule has 1 aliphatic heterocycles. The van der Waals surface area contributed by atoms with Gasteiger partial charge < -0.3 is 19.3 Å². The van der Waals surface area contributed by atoms with E-state index >= 15 is 0 Å². The van der Waals surface area contributed by atoms with E-state index < -0.39 is 0 Å². The third-order valence-corrected chi connectivity index (χ3v) is 2.36. The first-order valence-corrected chi connectivity index (χ1v) is 4.80. The van der Waals surface area contributed by atoms with Crippen LogP contribution in [0.5, 0.6) is 0 Å². The van der Waals surface area contributed by atoms with Gasteiger partial charge in [-0.05, 0) is 0 Å². The van der Waals surface area contributed by atoms with Crippen LogP contribution in [0.4, 0.5) is 0 Å². The van der Waals surface area contributed by atoms with Crippen LogP contribution in [-0.4, -0.2) is 69.5 Å². The molecule has 0 amide bonds. The van der Waals surface area contributed by atoms with Crippen molar-refractivity contribution in [1.82, 2.24) is 4.90 Å². The Morgan fingerprint density at radius 2 is 2.21 bits per heavy atom. The summed E-state index contributed by atoms with van der Waals surface area (Å²) in [6, 6.07) is 0. The van der Waals surface area contributed by atoms with E-state index in [-0.39, 0.29) is 19.0 Å². The van der Waals surface area contributed by atoms with Gasteiger partial charge >= 0.3 is 0 Å². The Bertz CT molecular complexity index is 152. The monoisotopic (exact) mass is 205 g/mol. The Morgan fingerprint density at radius 1 is 1.50 bits per heavy atom. The minimum Gasteiger partial charge on any atom is -0.394 e. The highest BCUT2D eigenvalue weighted by atomic mass is 16.7. The highest BCUT2D eigenvalue weighted by Gasteiger charge is 2.21. The zero-order valence-corrected chi connectivity index (χ0v) is 8.81. The molecule has 0 aromatic rings. The number of aliphatic hydroxyl groups excluding tert-OH is 1. The molecule has 14 heavy (non-hydrogen) atoms. The predicted molar refractivity (Wildman–Crippen MR) is 51.1 cm³/mol. The molecule has 0 aliphatic carbocycles. The smallest absolute Gasteiger partial charge is 0.169 e. The number of aliphatic hydroxyl groups is 1. The van der Waals surface area contributed by atoms with E-state index in [2.05, 4.69) is 4.90 Å². The lowest BCUT2D eigenvalue weighted by molar-refractivity contribution is -0.133. The molecule has 0 aromatic heterocycles. The van der Waals surface area contributed by atoms with Gasteiger partial charge in [-0.3, -0.25) is 4.90 Å². The standard InChI is InChI=1S/C9H19NO4/c1-12-9(13-2)6-10-3-4-14-8(5-10)7-11/h8-9,11H,3-7H2,1-2H3. The van der Waals surface area contributed by atoms with E-state index in [1.165, 1.54) is 0 Å². The largest absolute Gasteiger partial charge is 0.394 e. The molecular weight excluding hydrogens is 186 g/mol. The molecule has 5 nitrogen and oxygen atoms in total. The molecule has 1 N–H and O–H groups in total. The van der Waals surface area contributed by atoms with Gasteiger partial charge in [0.05, 0.1) is 19.3 Å². The Kier molecular flexibility index (Phi) is 5.36. The van der Waals surface area contributed by atoms with E-state index in [1.807, 2.05) is 0 Å². The molecule has 0 radical (unpaired) electrons. The summed E-state index contributed by atoms with van der Waals surface area (Å²) in [5, 5.41) is 8.94. The molecule has 0 spiro atoms. The van der Waals surface area contributed by atoms with Gasteiger partial charge in [0.25, 0.3) is 0 Å². The van der Waals surface area contributed by atoms with Crippen molar-refractivity contribution in [3.8, 4) is 0 Å². The molecule has 1 atom stereocenters. The summed E-state index contributed by atoms with van der Waals surface area (Å²) in [6.07, 6.45) is -0.273. The fourth-order valence-electron chi connectivity index (χ4n) is 1.51. The number of ether oxygens (including phenoxy) is 3. The fraction of sp³-hybridized carbons (Fsp3) is 1.00. The fourth-order valence-corrected chi connectivity index (χ4v) is 1.51. The topological polar surface area (TPSA) is 51.2 Å². The van der Waals surface area contributed by atoms with Crippen molar-refractivity contribution in [1.29, 1.82) is 0 Å². The maximum absolute atomic E-state index is 8.94. The molecule has 1 saturated heterocycles. The normalized spacial score (nSPS) is 24.4. The maximum Gasteiger partial charge on any atom is 0.169 e. The summed E-state index contributed by atoms with van der Waals surface area (Å²) in [4.78, 5) is 2.17. The second-order valence-corrected chi connectivity index (χ2v) is 3.34. The molecule has 1 heterocycles. The van der Waals surface area contributed by atoms with Crippen molar-refractivity contribution in [2.45, 2.75) is 12.4 Å². The van der Waals surface area contributed by atoms with Gasteiger partial charge in [0, 0.05) is 33.9 Å². The lowest BCUT2D eigenvalue weighted by atomic mass is 10.3. The first-order valence-electron chi connectivity index (χ1n) is 4.80. The van der Waals surface area contributed by atoms with Crippen molar-refractivity contribution in [3.05, 3.63) is 0 Å². The average molecular weight is 205 g/mol. The van der Waals surface area contributed by atoms with Gasteiger partial charge in [-0.2, -0.15) is 0 Å². The van der Waals surface area contributed by atoms with Gasteiger partial charge in [0.15, 0.2) is 6.29 Å². The number of morpholine rings is 1. The Balaban J connectivity index is 2.29. The molecule has 0 saturated carbocycles. The van der Waals surface area contributed by atoms with Gasteiger partial charge in [-0.25, -0.2) is 0 Å². The third-order valence-electron chi connectivity index (χ3n) is 2.36. The van der Waals surface area contributed by atoms with E-state index in [0.717, 1.165) is 13.1 Å². The Labute approximate surface area is 84.5 Å². The van der Waals surface area contributed by atoms with Crippen LogP contribution in [-0.2, 0) is 14.2 Å². The van der Waals surface area contributed by atoms with Crippen LogP contribution in [0.15, 0.2) is 0 Å². The van der Waals surface area contributed by atoms with Gasteiger partial charge in [0.1, 0.15) is 0 Å². The summed E-state index contributed by atoms with van der Waals surface area (Å²) in [5.74, 6) is 0. The number of nitrogens with zero attached hydrogens (tertiary/aromatic N) is 1. The van der Waals surface area contributed by atoms with Crippen molar-refractivity contribution in [3.63, 3.8) is 0 Å². The quantitative estimate of drug-likeness (QED) is 0.601. The molecule has 0 aromatic carbocycles. The predicted octanol–water partition coefficient (Wildman–Crippen LogP) is -0.702.